The van der Waals surface area contributed by atoms with Crippen LogP contribution in [0.2, 0.25) is 0 Å². The molecule has 0 rings (SSSR count). The molecule has 12 heavy (non-hydrogen) atoms. The van der Waals surface area contributed by atoms with Crippen molar-refractivity contribution in [1.82, 2.24) is 10.6 Å². The first kappa shape index (κ1) is 11.1. The molecule has 0 bridgehead atoms. The molecule has 0 aromatic rings. The highest BCUT2D eigenvalue weighted by molar-refractivity contribution is 7.98. The number of urea groups is 1. The molecular formula is C6H13N3O2S. The zero-order chi connectivity index (χ0) is 9.40. The van der Waals surface area contributed by atoms with Crippen molar-refractivity contribution in [3.05, 3.63) is 0 Å². The van der Waals surface area contributed by atoms with Gasteiger partial charge in [0.05, 0.1) is 6.54 Å². The Hall–Kier alpha value is -0.910. The van der Waals surface area contributed by atoms with Crippen LogP contribution in [0.1, 0.15) is 0 Å². The van der Waals surface area contributed by atoms with Crippen molar-refractivity contribution in [2.24, 2.45) is 5.73 Å². The minimum Gasteiger partial charge on any atom is -0.368 e. The number of hydrogen-bond donors (Lipinski definition) is 3. The maximum Gasteiger partial charge on any atom is 0.315 e. The number of nitrogens with two attached hydrogens (primary N) is 1. The Morgan fingerprint density at radius 2 is 2.08 bits per heavy atom. The molecule has 0 fully saturated rings. The van der Waals surface area contributed by atoms with Gasteiger partial charge in [-0.2, -0.15) is 11.8 Å². The monoisotopic (exact) mass is 191 g/mol. The molecule has 0 aliphatic heterocycles. The number of rotatable bonds is 5. The Labute approximate surface area is 75.4 Å². The van der Waals surface area contributed by atoms with E-state index in [1.807, 2.05) is 6.26 Å². The van der Waals surface area contributed by atoms with E-state index in [4.69, 9.17) is 5.73 Å². The summed E-state index contributed by atoms with van der Waals surface area (Å²) in [6, 6.07) is -0.358. The lowest BCUT2D eigenvalue weighted by Gasteiger charge is -2.04. The molecule has 0 aliphatic carbocycles. The number of amides is 3. The largest absolute Gasteiger partial charge is 0.368 e. The van der Waals surface area contributed by atoms with Gasteiger partial charge in [-0.15, -0.1) is 0 Å². The molecule has 3 amide bonds. The van der Waals surface area contributed by atoms with Crippen LogP contribution in [0, 0.1) is 0 Å². The normalized spacial score (nSPS) is 9.08. The van der Waals surface area contributed by atoms with Crippen molar-refractivity contribution in [1.29, 1.82) is 0 Å². The highest BCUT2D eigenvalue weighted by atomic mass is 32.2. The van der Waals surface area contributed by atoms with Gasteiger partial charge in [0.15, 0.2) is 0 Å². The Kier molecular flexibility index (Phi) is 6.26. The minimum absolute atomic E-state index is 0.120. The fourth-order valence-electron chi connectivity index (χ4n) is 0.497. The molecule has 6 heteroatoms. The van der Waals surface area contributed by atoms with Crippen molar-refractivity contribution < 1.29 is 9.59 Å². The standard InChI is InChI=1S/C6H13N3O2S/c1-12-3-2-8-6(11)9-4-5(7)10/h2-4H2,1H3,(H2,7,10)(H2,8,9,11). The lowest BCUT2D eigenvalue weighted by Crippen LogP contribution is -2.41. The highest BCUT2D eigenvalue weighted by Crippen LogP contribution is 1.86. The number of carbonyl (C=O) groups excluding carboxylic acids is 2. The molecule has 0 aromatic heterocycles. The van der Waals surface area contributed by atoms with E-state index in [9.17, 15) is 9.59 Å². The van der Waals surface area contributed by atoms with E-state index in [1.165, 1.54) is 0 Å². The van der Waals surface area contributed by atoms with Crippen LogP contribution in [-0.2, 0) is 4.79 Å². The van der Waals surface area contributed by atoms with Crippen molar-refractivity contribution in [2.75, 3.05) is 25.1 Å². The average molecular weight is 191 g/mol. The first-order chi connectivity index (χ1) is 5.66. The summed E-state index contributed by atoms with van der Waals surface area (Å²) in [5.74, 6) is 0.305. The van der Waals surface area contributed by atoms with E-state index in [1.54, 1.807) is 11.8 Å². The zero-order valence-electron chi connectivity index (χ0n) is 6.92. The van der Waals surface area contributed by atoms with Crippen LogP contribution in [0.15, 0.2) is 0 Å². The Bertz CT molecular complexity index is 163. The van der Waals surface area contributed by atoms with Crippen molar-refractivity contribution in [3.63, 3.8) is 0 Å². The molecule has 0 saturated heterocycles. The summed E-state index contributed by atoms with van der Waals surface area (Å²) in [5.41, 5.74) is 4.81. The molecule has 0 radical (unpaired) electrons. The molecule has 0 aromatic carbocycles. The molecule has 4 N–H and O–H groups in total. The summed E-state index contributed by atoms with van der Waals surface area (Å²) in [4.78, 5) is 21.0. The summed E-state index contributed by atoms with van der Waals surface area (Å²) in [5, 5.41) is 4.87. The van der Waals surface area contributed by atoms with E-state index < -0.39 is 5.91 Å². The fraction of sp³-hybridized carbons (Fsp3) is 0.667. The van der Waals surface area contributed by atoms with Gasteiger partial charge in [-0.1, -0.05) is 0 Å². The van der Waals surface area contributed by atoms with Crippen molar-refractivity contribution >= 4 is 23.7 Å². The number of nitrogens with one attached hydrogen (secondary N) is 2. The van der Waals surface area contributed by atoms with Crippen LogP contribution in [0.25, 0.3) is 0 Å². The van der Waals surface area contributed by atoms with Gasteiger partial charge in [0.1, 0.15) is 0 Å². The Balaban J connectivity index is 3.28. The Morgan fingerprint density at radius 3 is 2.58 bits per heavy atom. The van der Waals surface area contributed by atoms with Crippen LogP contribution < -0.4 is 16.4 Å². The zero-order valence-corrected chi connectivity index (χ0v) is 7.74. The quantitative estimate of drug-likeness (QED) is 0.494. The summed E-state index contributed by atoms with van der Waals surface area (Å²) >= 11 is 1.63. The molecule has 0 saturated carbocycles. The third-order valence-corrected chi connectivity index (χ3v) is 1.63. The maximum absolute atomic E-state index is 10.8. The van der Waals surface area contributed by atoms with E-state index in [2.05, 4.69) is 10.6 Å². The number of primary amides is 1. The Morgan fingerprint density at radius 1 is 1.42 bits per heavy atom. The molecule has 0 spiro atoms. The number of thioether (sulfide) groups is 1. The second-order valence-corrected chi connectivity index (χ2v) is 3.05. The van der Waals surface area contributed by atoms with Crippen LogP contribution in [0.5, 0.6) is 0 Å². The van der Waals surface area contributed by atoms with Gasteiger partial charge in [-0.3, -0.25) is 4.79 Å². The summed E-state index contributed by atoms with van der Waals surface area (Å²) in [6.07, 6.45) is 1.95. The maximum atomic E-state index is 10.8. The van der Waals surface area contributed by atoms with Gasteiger partial charge in [0, 0.05) is 12.3 Å². The molecule has 0 heterocycles. The van der Waals surface area contributed by atoms with Crippen LogP contribution in [0.4, 0.5) is 4.79 Å². The van der Waals surface area contributed by atoms with Gasteiger partial charge >= 0.3 is 6.03 Å². The van der Waals surface area contributed by atoms with E-state index >= 15 is 0 Å². The topological polar surface area (TPSA) is 84.2 Å². The lowest BCUT2D eigenvalue weighted by molar-refractivity contribution is -0.117. The highest BCUT2D eigenvalue weighted by Gasteiger charge is 1.99. The average Bonchev–Trinajstić information content (AvgIpc) is 2.01. The molecule has 0 aliphatic rings. The second kappa shape index (κ2) is 6.78. The number of carbonyl (C=O) groups is 2. The van der Waals surface area contributed by atoms with Gasteiger partial charge in [-0.25, -0.2) is 4.79 Å². The van der Waals surface area contributed by atoms with E-state index in [0.717, 1.165) is 5.75 Å². The molecule has 0 atom stereocenters. The van der Waals surface area contributed by atoms with E-state index in [0.29, 0.717) is 6.54 Å². The predicted octanol–water partition coefficient (Wildman–Crippen LogP) is -0.866. The third-order valence-electron chi connectivity index (χ3n) is 1.01. The van der Waals surface area contributed by atoms with Crippen molar-refractivity contribution in [2.45, 2.75) is 0 Å². The summed E-state index contributed by atoms with van der Waals surface area (Å²) in [6.45, 7) is 0.469. The molecular weight excluding hydrogens is 178 g/mol. The fourth-order valence-corrected chi connectivity index (χ4v) is 0.803. The van der Waals surface area contributed by atoms with Crippen molar-refractivity contribution in [3.8, 4) is 0 Å². The molecule has 5 nitrogen and oxygen atoms in total. The SMILES string of the molecule is CSCCNC(=O)NCC(N)=O. The van der Waals surface area contributed by atoms with Crippen LogP contribution >= 0.6 is 11.8 Å². The smallest absolute Gasteiger partial charge is 0.315 e. The van der Waals surface area contributed by atoms with Gasteiger partial charge in [0.2, 0.25) is 5.91 Å². The lowest BCUT2D eigenvalue weighted by atomic mass is 10.6. The molecule has 0 unspecified atom stereocenters. The van der Waals surface area contributed by atoms with Crippen LogP contribution in [-0.4, -0.2) is 37.0 Å². The minimum atomic E-state index is -0.546. The van der Waals surface area contributed by atoms with Gasteiger partial charge < -0.3 is 16.4 Å². The van der Waals surface area contributed by atoms with E-state index in [-0.39, 0.29) is 12.6 Å². The predicted molar refractivity (Wildman–Crippen MR) is 49.0 cm³/mol. The van der Waals surface area contributed by atoms with Crippen LogP contribution in [0.3, 0.4) is 0 Å². The summed E-state index contributed by atoms with van der Waals surface area (Å²) < 4.78 is 0. The number of hydrogen-bond acceptors (Lipinski definition) is 3. The second-order valence-electron chi connectivity index (χ2n) is 2.07. The summed E-state index contributed by atoms with van der Waals surface area (Å²) in [7, 11) is 0. The first-order valence-electron chi connectivity index (χ1n) is 3.45. The third kappa shape index (κ3) is 7.20. The molecule has 70 valence electrons. The van der Waals surface area contributed by atoms with Gasteiger partial charge in [0.25, 0.3) is 0 Å². The first-order valence-corrected chi connectivity index (χ1v) is 4.85. The van der Waals surface area contributed by atoms with Gasteiger partial charge in [-0.05, 0) is 6.26 Å².